The second kappa shape index (κ2) is 9.91. The minimum absolute atomic E-state index is 0.153. The van der Waals surface area contributed by atoms with Gasteiger partial charge in [0.15, 0.2) is 24.1 Å². The number of primary amides is 1. The number of nitrogens with one attached hydrogen (secondary N) is 2. The number of methoxy groups -OCH3 is 2. The summed E-state index contributed by atoms with van der Waals surface area (Å²) in [5.41, 5.74) is 6.86. The van der Waals surface area contributed by atoms with Crippen LogP contribution >= 0.6 is 0 Å². The lowest BCUT2D eigenvalue weighted by molar-refractivity contribution is -0.119. The largest absolute Gasteiger partial charge is 0.493 e. The van der Waals surface area contributed by atoms with Crippen molar-refractivity contribution in [1.82, 2.24) is 5.32 Å². The van der Waals surface area contributed by atoms with Gasteiger partial charge in [0.2, 0.25) is 0 Å². The number of rotatable bonds is 8. The Morgan fingerprint density at radius 3 is 2.56 bits per heavy atom. The highest BCUT2D eigenvalue weighted by Crippen LogP contribution is 2.29. The predicted molar refractivity (Wildman–Crippen MR) is 104 cm³/mol. The summed E-state index contributed by atoms with van der Waals surface area (Å²) in [6.07, 6.45) is 0. The van der Waals surface area contributed by atoms with Crippen molar-refractivity contribution in [3.05, 3.63) is 48.0 Å². The molecule has 0 bridgehead atoms. The summed E-state index contributed by atoms with van der Waals surface area (Å²) >= 11 is 0. The molecule has 4 N–H and O–H groups in total. The van der Waals surface area contributed by atoms with E-state index in [0.717, 1.165) is 11.3 Å². The molecule has 2 aromatic rings. The fourth-order valence-electron chi connectivity index (χ4n) is 2.32. The van der Waals surface area contributed by atoms with Crippen LogP contribution in [0, 0.1) is 0 Å². The molecule has 0 unspecified atom stereocenters. The molecule has 0 aromatic heterocycles. The first kappa shape index (κ1) is 19.9. The van der Waals surface area contributed by atoms with E-state index < -0.39 is 5.91 Å². The first-order valence-electron chi connectivity index (χ1n) is 8.25. The number of aliphatic imine (C=N–C) groups is 1. The molecule has 1 amide bonds. The van der Waals surface area contributed by atoms with Crippen LogP contribution in [-0.4, -0.2) is 39.7 Å². The Balaban J connectivity index is 1.98. The van der Waals surface area contributed by atoms with Crippen molar-refractivity contribution in [1.29, 1.82) is 0 Å². The Kier molecular flexibility index (Phi) is 7.30. The predicted octanol–water partition coefficient (Wildman–Crippen LogP) is 1.76. The summed E-state index contributed by atoms with van der Waals surface area (Å²) in [6.45, 7) is 0.361. The van der Waals surface area contributed by atoms with E-state index in [4.69, 9.17) is 19.9 Å². The second-order valence-electron chi connectivity index (χ2n) is 5.52. The summed E-state index contributed by atoms with van der Waals surface area (Å²) in [4.78, 5) is 15.0. The van der Waals surface area contributed by atoms with Gasteiger partial charge in [0.05, 0.1) is 14.2 Å². The number of amides is 1. The second-order valence-corrected chi connectivity index (χ2v) is 5.52. The Bertz CT molecular complexity index is 808. The number of hydrogen-bond donors (Lipinski definition) is 3. The average molecular weight is 372 g/mol. The normalized spacial score (nSPS) is 10.9. The summed E-state index contributed by atoms with van der Waals surface area (Å²) < 4.78 is 15.8. The number of anilines is 1. The smallest absolute Gasteiger partial charge is 0.255 e. The van der Waals surface area contributed by atoms with Crippen LogP contribution < -0.4 is 30.6 Å². The number of nitrogens with zero attached hydrogens (tertiary/aromatic N) is 1. The van der Waals surface area contributed by atoms with Gasteiger partial charge < -0.3 is 30.6 Å². The summed E-state index contributed by atoms with van der Waals surface area (Å²) in [5.74, 6) is 1.93. The van der Waals surface area contributed by atoms with Gasteiger partial charge in [-0.15, -0.1) is 0 Å². The van der Waals surface area contributed by atoms with E-state index in [2.05, 4.69) is 15.6 Å². The number of hydrogen-bond acceptors (Lipinski definition) is 5. The van der Waals surface area contributed by atoms with E-state index in [1.807, 2.05) is 36.4 Å². The van der Waals surface area contributed by atoms with Crippen LogP contribution in [0.2, 0.25) is 0 Å². The summed E-state index contributed by atoms with van der Waals surface area (Å²) in [6, 6.07) is 12.9. The SMILES string of the molecule is CN=C(NCc1cccc(OCC(N)=O)c1)Nc1ccc(OC)c(OC)c1. The molecule has 0 aliphatic carbocycles. The molecule has 0 aliphatic heterocycles. The maximum absolute atomic E-state index is 10.8. The third kappa shape index (κ3) is 6.10. The number of benzene rings is 2. The van der Waals surface area contributed by atoms with Gasteiger partial charge in [-0.1, -0.05) is 12.1 Å². The minimum atomic E-state index is -0.516. The van der Waals surface area contributed by atoms with Gasteiger partial charge in [-0.25, -0.2) is 0 Å². The number of carbonyl (C=O) groups is 1. The van der Waals surface area contributed by atoms with Crippen LogP contribution in [0.4, 0.5) is 5.69 Å². The zero-order valence-corrected chi connectivity index (χ0v) is 15.6. The molecule has 0 heterocycles. The molecular weight excluding hydrogens is 348 g/mol. The van der Waals surface area contributed by atoms with E-state index in [-0.39, 0.29) is 6.61 Å². The first-order valence-corrected chi connectivity index (χ1v) is 8.25. The molecule has 8 nitrogen and oxygen atoms in total. The lowest BCUT2D eigenvalue weighted by Crippen LogP contribution is -2.30. The van der Waals surface area contributed by atoms with Gasteiger partial charge in [0, 0.05) is 25.3 Å². The van der Waals surface area contributed by atoms with Gasteiger partial charge in [0.25, 0.3) is 5.91 Å². The van der Waals surface area contributed by atoms with Gasteiger partial charge >= 0.3 is 0 Å². The summed E-state index contributed by atoms with van der Waals surface area (Å²) in [7, 11) is 4.86. The minimum Gasteiger partial charge on any atom is -0.493 e. The fourth-order valence-corrected chi connectivity index (χ4v) is 2.32. The number of carbonyl (C=O) groups excluding carboxylic acids is 1. The van der Waals surface area contributed by atoms with Crippen LogP contribution in [0.5, 0.6) is 17.2 Å². The van der Waals surface area contributed by atoms with Crippen LogP contribution in [0.3, 0.4) is 0 Å². The monoisotopic (exact) mass is 372 g/mol. The molecule has 144 valence electrons. The molecule has 2 rings (SSSR count). The number of nitrogens with two attached hydrogens (primary N) is 1. The van der Waals surface area contributed by atoms with Crippen molar-refractivity contribution in [3.63, 3.8) is 0 Å². The molecule has 0 fully saturated rings. The Morgan fingerprint density at radius 1 is 1.11 bits per heavy atom. The van der Waals surface area contributed by atoms with Gasteiger partial charge in [-0.3, -0.25) is 9.79 Å². The van der Waals surface area contributed by atoms with Crippen molar-refractivity contribution < 1.29 is 19.0 Å². The van der Waals surface area contributed by atoms with Gasteiger partial charge in [0.1, 0.15) is 5.75 Å². The highest BCUT2D eigenvalue weighted by Gasteiger charge is 2.07. The van der Waals surface area contributed by atoms with Crippen LogP contribution in [0.1, 0.15) is 5.56 Å². The average Bonchev–Trinajstić information content (AvgIpc) is 2.69. The van der Waals surface area contributed by atoms with E-state index in [1.165, 1.54) is 0 Å². The van der Waals surface area contributed by atoms with Crippen molar-refractivity contribution in [2.24, 2.45) is 10.7 Å². The fraction of sp³-hybridized carbons (Fsp3) is 0.263. The molecule has 0 saturated heterocycles. The van der Waals surface area contributed by atoms with Crippen LogP contribution in [0.25, 0.3) is 0 Å². The van der Waals surface area contributed by atoms with Crippen molar-refractivity contribution in [2.45, 2.75) is 6.54 Å². The zero-order chi connectivity index (χ0) is 19.6. The van der Waals surface area contributed by atoms with E-state index in [9.17, 15) is 4.79 Å². The Morgan fingerprint density at radius 2 is 1.89 bits per heavy atom. The van der Waals surface area contributed by atoms with Crippen molar-refractivity contribution >= 4 is 17.6 Å². The zero-order valence-electron chi connectivity index (χ0n) is 15.6. The standard InChI is InChI=1S/C19H24N4O4/c1-21-19(23-14-7-8-16(25-2)17(10-14)26-3)22-11-13-5-4-6-15(9-13)27-12-18(20)24/h4-10H,11-12H2,1-3H3,(H2,20,24)(H2,21,22,23). The number of ether oxygens (including phenoxy) is 3. The van der Waals surface area contributed by atoms with Crippen molar-refractivity contribution in [3.8, 4) is 17.2 Å². The first-order chi connectivity index (χ1) is 13.0. The highest BCUT2D eigenvalue weighted by molar-refractivity contribution is 5.93. The maximum atomic E-state index is 10.8. The molecule has 0 aliphatic rings. The van der Waals surface area contributed by atoms with E-state index in [1.54, 1.807) is 27.3 Å². The van der Waals surface area contributed by atoms with Gasteiger partial charge in [-0.2, -0.15) is 0 Å². The van der Waals surface area contributed by atoms with Crippen molar-refractivity contribution in [2.75, 3.05) is 33.2 Å². The quantitative estimate of drug-likeness (QED) is 0.481. The van der Waals surface area contributed by atoms with E-state index >= 15 is 0 Å². The molecular formula is C19H24N4O4. The third-order valence-electron chi connectivity index (χ3n) is 3.61. The third-order valence-corrected chi connectivity index (χ3v) is 3.61. The van der Waals surface area contributed by atoms with Crippen LogP contribution in [0.15, 0.2) is 47.5 Å². The number of guanidine groups is 1. The molecule has 2 aromatic carbocycles. The van der Waals surface area contributed by atoms with Crippen LogP contribution in [-0.2, 0) is 11.3 Å². The lowest BCUT2D eigenvalue weighted by Gasteiger charge is -2.14. The molecule has 0 spiro atoms. The van der Waals surface area contributed by atoms with Gasteiger partial charge in [-0.05, 0) is 29.8 Å². The topological polar surface area (TPSA) is 107 Å². The molecule has 0 radical (unpaired) electrons. The lowest BCUT2D eigenvalue weighted by atomic mass is 10.2. The molecule has 0 saturated carbocycles. The van der Waals surface area contributed by atoms with E-state index in [0.29, 0.717) is 29.8 Å². The molecule has 27 heavy (non-hydrogen) atoms. The molecule has 8 heteroatoms. The summed E-state index contributed by atoms with van der Waals surface area (Å²) in [5, 5.41) is 6.40. The molecule has 0 atom stereocenters. The Hall–Kier alpha value is -3.42. The maximum Gasteiger partial charge on any atom is 0.255 e. The Labute approximate surface area is 158 Å². The highest BCUT2D eigenvalue weighted by atomic mass is 16.5.